The summed E-state index contributed by atoms with van der Waals surface area (Å²) >= 11 is 0. The van der Waals surface area contributed by atoms with Gasteiger partial charge in [-0.3, -0.25) is 9.59 Å². The van der Waals surface area contributed by atoms with Crippen molar-refractivity contribution in [1.82, 2.24) is 10.6 Å². The third-order valence-electron chi connectivity index (χ3n) is 3.43. The Bertz CT molecular complexity index is 302. The molecule has 2 amide bonds. The highest BCUT2D eigenvalue weighted by Crippen LogP contribution is 2.25. The fourth-order valence-electron chi connectivity index (χ4n) is 2.15. The molecule has 4 N–H and O–H groups in total. The minimum atomic E-state index is -0.694. The Balaban J connectivity index is 0.00000324. The van der Waals surface area contributed by atoms with Crippen LogP contribution in [0.5, 0.6) is 0 Å². The highest BCUT2D eigenvalue weighted by Gasteiger charge is 2.34. The molecule has 0 spiro atoms. The Morgan fingerprint density at radius 1 is 1.11 bits per heavy atom. The van der Waals surface area contributed by atoms with Crippen LogP contribution in [-0.4, -0.2) is 30.4 Å². The van der Waals surface area contributed by atoms with E-state index >= 15 is 0 Å². The molecule has 5 nitrogen and oxygen atoms in total. The lowest BCUT2D eigenvalue weighted by molar-refractivity contribution is -0.128. The van der Waals surface area contributed by atoms with Crippen molar-refractivity contribution in [3.05, 3.63) is 0 Å². The van der Waals surface area contributed by atoms with Crippen molar-refractivity contribution in [3.8, 4) is 0 Å². The first kappa shape index (κ1) is 18.2. The number of hydrogen-bond acceptors (Lipinski definition) is 3. The van der Waals surface area contributed by atoms with Crippen molar-refractivity contribution in [2.75, 3.05) is 13.1 Å². The highest BCUT2D eigenvalue weighted by atomic mass is 35.5. The second kappa shape index (κ2) is 8.38. The minimum Gasteiger partial charge on any atom is -0.354 e. The molecule has 112 valence electrons. The Morgan fingerprint density at radius 2 is 1.63 bits per heavy atom. The van der Waals surface area contributed by atoms with Crippen LogP contribution in [0.4, 0.5) is 0 Å². The Hall–Kier alpha value is -0.810. The van der Waals surface area contributed by atoms with Crippen molar-refractivity contribution >= 4 is 24.2 Å². The van der Waals surface area contributed by atoms with Crippen LogP contribution >= 0.6 is 12.4 Å². The summed E-state index contributed by atoms with van der Waals surface area (Å²) in [5.41, 5.74) is 5.40. The molecule has 6 heteroatoms. The average molecular weight is 292 g/mol. The molecular weight excluding hydrogens is 266 g/mol. The third-order valence-corrected chi connectivity index (χ3v) is 3.43. The number of hydrogen-bond donors (Lipinski definition) is 3. The second-order valence-corrected chi connectivity index (χ2v) is 5.42. The number of amides is 2. The van der Waals surface area contributed by atoms with Gasteiger partial charge in [0.25, 0.3) is 0 Å². The van der Waals surface area contributed by atoms with Gasteiger partial charge in [-0.05, 0) is 12.8 Å². The summed E-state index contributed by atoms with van der Waals surface area (Å²) in [4.78, 5) is 23.3. The summed E-state index contributed by atoms with van der Waals surface area (Å²) in [7, 11) is 0. The Morgan fingerprint density at radius 3 is 2.16 bits per heavy atom. The fourth-order valence-corrected chi connectivity index (χ4v) is 2.15. The molecule has 0 atom stereocenters. The maximum absolute atomic E-state index is 11.9. The predicted molar refractivity (Wildman–Crippen MR) is 78.1 cm³/mol. The molecular formula is C13H26ClN3O2. The molecule has 0 aromatic carbocycles. The number of rotatable bonds is 5. The van der Waals surface area contributed by atoms with Gasteiger partial charge in [-0.1, -0.05) is 33.1 Å². The van der Waals surface area contributed by atoms with E-state index in [1.54, 1.807) is 0 Å². The zero-order valence-electron chi connectivity index (χ0n) is 11.8. The minimum absolute atomic E-state index is 0. The SMILES string of the molecule is CC(C)C(=O)NCCNC(=O)C1(N)CCCCC1.Cl. The van der Waals surface area contributed by atoms with Gasteiger partial charge < -0.3 is 16.4 Å². The van der Waals surface area contributed by atoms with E-state index in [1.807, 2.05) is 13.8 Å². The molecule has 1 aliphatic rings. The quantitative estimate of drug-likeness (QED) is 0.660. The van der Waals surface area contributed by atoms with Crippen molar-refractivity contribution in [3.63, 3.8) is 0 Å². The lowest BCUT2D eigenvalue weighted by atomic mass is 9.82. The molecule has 1 aliphatic carbocycles. The van der Waals surface area contributed by atoms with E-state index in [4.69, 9.17) is 5.73 Å². The van der Waals surface area contributed by atoms with E-state index in [9.17, 15) is 9.59 Å². The summed E-state index contributed by atoms with van der Waals surface area (Å²) in [6.07, 6.45) is 4.73. The van der Waals surface area contributed by atoms with Crippen LogP contribution in [0.25, 0.3) is 0 Å². The summed E-state index contributed by atoms with van der Waals surface area (Å²) in [5, 5.41) is 5.57. The number of nitrogens with two attached hydrogens (primary N) is 1. The number of nitrogens with one attached hydrogen (secondary N) is 2. The molecule has 0 aromatic heterocycles. The standard InChI is InChI=1S/C13H25N3O2.ClH/c1-10(2)11(17)15-8-9-16-12(18)13(14)6-4-3-5-7-13;/h10H,3-9,14H2,1-2H3,(H,15,17)(H,16,18);1H. The summed E-state index contributed by atoms with van der Waals surface area (Å²) in [5.74, 6) is -0.106. The lowest BCUT2D eigenvalue weighted by Crippen LogP contribution is -2.55. The molecule has 19 heavy (non-hydrogen) atoms. The number of halogens is 1. The van der Waals surface area contributed by atoms with Crippen molar-refractivity contribution in [2.45, 2.75) is 51.5 Å². The zero-order chi connectivity index (χ0) is 13.6. The molecule has 0 bridgehead atoms. The normalized spacial score (nSPS) is 17.5. The van der Waals surface area contributed by atoms with Crippen LogP contribution in [0.15, 0.2) is 0 Å². The summed E-state index contributed by atoms with van der Waals surface area (Å²) in [6.45, 7) is 4.57. The first-order chi connectivity index (χ1) is 8.46. The number of carbonyl (C=O) groups excluding carboxylic acids is 2. The van der Waals surface area contributed by atoms with E-state index in [0.29, 0.717) is 13.1 Å². The zero-order valence-corrected chi connectivity index (χ0v) is 12.6. The van der Waals surface area contributed by atoms with Crippen LogP contribution < -0.4 is 16.4 Å². The topological polar surface area (TPSA) is 84.2 Å². The second-order valence-electron chi connectivity index (χ2n) is 5.42. The molecule has 0 heterocycles. The van der Waals surface area contributed by atoms with Gasteiger partial charge >= 0.3 is 0 Å². The molecule has 1 rings (SSSR count). The molecule has 0 aliphatic heterocycles. The highest BCUT2D eigenvalue weighted by molar-refractivity contribution is 5.86. The van der Waals surface area contributed by atoms with Gasteiger partial charge in [-0.2, -0.15) is 0 Å². The predicted octanol–water partition coefficient (Wildman–Crippen LogP) is 0.958. The first-order valence-electron chi connectivity index (χ1n) is 6.80. The van der Waals surface area contributed by atoms with Gasteiger partial charge in [0.05, 0.1) is 5.54 Å². The monoisotopic (exact) mass is 291 g/mol. The maximum Gasteiger partial charge on any atom is 0.240 e. The summed E-state index contributed by atoms with van der Waals surface area (Å²) in [6, 6.07) is 0. The lowest BCUT2D eigenvalue weighted by Gasteiger charge is -2.31. The van der Waals surface area contributed by atoms with Gasteiger partial charge in [0.15, 0.2) is 0 Å². The van der Waals surface area contributed by atoms with E-state index in [2.05, 4.69) is 10.6 Å². The average Bonchev–Trinajstić information content (AvgIpc) is 2.34. The van der Waals surface area contributed by atoms with E-state index in [0.717, 1.165) is 32.1 Å². The molecule has 0 aromatic rings. The summed E-state index contributed by atoms with van der Waals surface area (Å²) < 4.78 is 0. The Labute approximate surface area is 121 Å². The molecule has 0 unspecified atom stereocenters. The molecule has 0 radical (unpaired) electrons. The van der Waals surface area contributed by atoms with Crippen molar-refractivity contribution < 1.29 is 9.59 Å². The van der Waals surface area contributed by atoms with E-state index in [1.165, 1.54) is 0 Å². The molecule has 0 saturated heterocycles. The van der Waals surface area contributed by atoms with Crippen LogP contribution in [0.2, 0.25) is 0 Å². The molecule has 1 fully saturated rings. The maximum atomic E-state index is 11.9. The molecule has 1 saturated carbocycles. The van der Waals surface area contributed by atoms with Gasteiger partial charge in [-0.25, -0.2) is 0 Å². The fraction of sp³-hybridized carbons (Fsp3) is 0.846. The van der Waals surface area contributed by atoms with Crippen LogP contribution in [-0.2, 0) is 9.59 Å². The Kier molecular flexibility index (Phi) is 8.02. The van der Waals surface area contributed by atoms with Gasteiger partial charge in [0.1, 0.15) is 0 Å². The number of carbonyl (C=O) groups is 2. The smallest absolute Gasteiger partial charge is 0.240 e. The first-order valence-corrected chi connectivity index (χ1v) is 6.80. The van der Waals surface area contributed by atoms with Crippen LogP contribution in [0.1, 0.15) is 46.0 Å². The van der Waals surface area contributed by atoms with Crippen LogP contribution in [0, 0.1) is 5.92 Å². The van der Waals surface area contributed by atoms with Crippen molar-refractivity contribution in [1.29, 1.82) is 0 Å². The van der Waals surface area contributed by atoms with E-state index in [-0.39, 0.29) is 30.1 Å². The van der Waals surface area contributed by atoms with Crippen molar-refractivity contribution in [2.24, 2.45) is 11.7 Å². The van der Waals surface area contributed by atoms with Gasteiger partial charge in [-0.15, -0.1) is 12.4 Å². The largest absolute Gasteiger partial charge is 0.354 e. The van der Waals surface area contributed by atoms with Crippen LogP contribution in [0.3, 0.4) is 0 Å². The van der Waals surface area contributed by atoms with Gasteiger partial charge in [0.2, 0.25) is 11.8 Å². The van der Waals surface area contributed by atoms with Gasteiger partial charge in [0, 0.05) is 19.0 Å². The third kappa shape index (κ3) is 5.78. The van der Waals surface area contributed by atoms with E-state index < -0.39 is 5.54 Å².